The zero-order valence-corrected chi connectivity index (χ0v) is 11.1. The zero-order valence-electron chi connectivity index (χ0n) is 11.1. The van der Waals surface area contributed by atoms with Crippen LogP contribution in [0, 0.1) is 11.6 Å². The molecule has 2 aromatic carbocycles. The number of amides is 1. The molecule has 0 saturated carbocycles. The van der Waals surface area contributed by atoms with E-state index in [1.54, 1.807) is 24.3 Å². The van der Waals surface area contributed by atoms with E-state index in [4.69, 9.17) is 10.5 Å². The Morgan fingerprint density at radius 3 is 2.71 bits per heavy atom. The van der Waals surface area contributed by atoms with E-state index >= 15 is 0 Å². The van der Waals surface area contributed by atoms with Crippen molar-refractivity contribution in [2.24, 2.45) is 5.73 Å². The van der Waals surface area contributed by atoms with Crippen molar-refractivity contribution in [2.45, 2.75) is 0 Å². The fourth-order valence-corrected chi connectivity index (χ4v) is 1.72. The molecule has 0 aliphatic carbocycles. The second kappa shape index (κ2) is 6.81. The average Bonchev–Trinajstić information content (AvgIpc) is 2.48. The van der Waals surface area contributed by atoms with Gasteiger partial charge in [0.1, 0.15) is 12.4 Å². The molecule has 6 heteroatoms. The number of rotatable bonds is 5. The summed E-state index contributed by atoms with van der Waals surface area (Å²) in [6.45, 7) is 0.709. The van der Waals surface area contributed by atoms with Gasteiger partial charge in [-0.15, -0.1) is 0 Å². The number of hydrogen-bond donors (Lipinski definition) is 2. The monoisotopic (exact) mass is 292 g/mol. The van der Waals surface area contributed by atoms with Gasteiger partial charge in [-0.3, -0.25) is 4.79 Å². The highest BCUT2D eigenvalue weighted by Crippen LogP contribution is 2.19. The number of benzene rings is 2. The molecule has 0 spiro atoms. The summed E-state index contributed by atoms with van der Waals surface area (Å²) >= 11 is 0. The van der Waals surface area contributed by atoms with Crippen LogP contribution in [-0.2, 0) is 0 Å². The third kappa shape index (κ3) is 3.76. The lowest BCUT2D eigenvalue weighted by molar-refractivity contribution is 0.102. The molecular formula is C15H14F2N2O2. The van der Waals surface area contributed by atoms with Crippen molar-refractivity contribution < 1.29 is 18.3 Å². The Morgan fingerprint density at radius 1 is 1.19 bits per heavy atom. The van der Waals surface area contributed by atoms with Crippen molar-refractivity contribution in [2.75, 3.05) is 18.5 Å². The van der Waals surface area contributed by atoms with Crippen molar-refractivity contribution in [1.82, 2.24) is 0 Å². The fraction of sp³-hybridized carbons (Fsp3) is 0.133. The molecule has 1 amide bonds. The summed E-state index contributed by atoms with van der Waals surface area (Å²) in [5, 5.41) is 2.49. The molecule has 0 aromatic heterocycles. The number of nitrogens with two attached hydrogens (primary N) is 1. The lowest BCUT2D eigenvalue weighted by Crippen LogP contribution is -2.15. The molecule has 110 valence electrons. The molecule has 0 unspecified atom stereocenters. The zero-order chi connectivity index (χ0) is 15.2. The maximum atomic E-state index is 13.5. The van der Waals surface area contributed by atoms with Gasteiger partial charge in [-0.05, 0) is 24.3 Å². The molecule has 4 nitrogen and oxygen atoms in total. The number of ether oxygens (including phenoxy) is 1. The Hall–Kier alpha value is -2.47. The van der Waals surface area contributed by atoms with Crippen molar-refractivity contribution in [3.8, 4) is 5.75 Å². The first-order valence-corrected chi connectivity index (χ1v) is 6.30. The Kier molecular flexibility index (Phi) is 4.84. The van der Waals surface area contributed by atoms with Gasteiger partial charge in [0.05, 0.1) is 5.56 Å². The van der Waals surface area contributed by atoms with Crippen LogP contribution in [0.5, 0.6) is 5.75 Å². The normalized spacial score (nSPS) is 10.2. The van der Waals surface area contributed by atoms with Crippen LogP contribution >= 0.6 is 0 Å². The summed E-state index contributed by atoms with van der Waals surface area (Å²) < 4.78 is 31.9. The van der Waals surface area contributed by atoms with Crippen LogP contribution in [0.2, 0.25) is 0 Å². The third-order valence-corrected chi connectivity index (χ3v) is 2.67. The van der Waals surface area contributed by atoms with Gasteiger partial charge in [-0.1, -0.05) is 12.1 Å². The van der Waals surface area contributed by atoms with Crippen LogP contribution in [0.3, 0.4) is 0 Å². The highest BCUT2D eigenvalue weighted by atomic mass is 19.2. The molecule has 0 saturated heterocycles. The SMILES string of the molecule is NCCOc1cccc(NC(=O)c2cccc(F)c2F)c1. The topological polar surface area (TPSA) is 64.3 Å². The molecule has 0 aliphatic heterocycles. The molecule has 3 N–H and O–H groups in total. The van der Waals surface area contributed by atoms with E-state index in [0.717, 1.165) is 6.07 Å². The minimum Gasteiger partial charge on any atom is -0.492 e. The van der Waals surface area contributed by atoms with E-state index in [0.29, 0.717) is 24.6 Å². The second-order valence-electron chi connectivity index (χ2n) is 4.22. The Labute approximate surface area is 120 Å². The Bertz CT molecular complexity index is 647. The average molecular weight is 292 g/mol. The van der Waals surface area contributed by atoms with E-state index in [9.17, 15) is 13.6 Å². The summed E-state index contributed by atoms with van der Waals surface area (Å²) in [5.74, 6) is -2.45. The molecule has 0 aliphatic rings. The number of carbonyl (C=O) groups excluding carboxylic acids is 1. The summed E-state index contributed by atoms with van der Waals surface area (Å²) in [6.07, 6.45) is 0. The number of nitrogens with one attached hydrogen (secondary N) is 1. The van der Waals surface area contributed by atoms with Crippen molar-refractivity contribution in [3.63, 3.8) is 0 Å². The molecule has 0 fully saturated rings. The number of carbonyl (C=O) groups is 1. The Morgan fingerprint density at radius 2 is 1.95 bits per heavy atom. The van der Waals surface area contributed by atoms with E-state index < -0.39 is 17.5 Å². The summed E-state index contributed by atoms with van der Waals surface area (Å²) in [6, 6.07) is 10.00. The first kappa shape index (κ1) is 14.9. The molecule has 0 heterocycles. The van der Waals surface area contributed by atoms with Gasteiger partial charge in [0, 0.05) is 18.3 Å². The van der Waals surface area contributed by atoms with Gasteiger partial charge < -0.3 is 15.8 Å². The maximum Gasteiger partial charge on any atom is 0.258 e. The number of anilines is 1. The highest BCUT2D eigenvalue weighted by molar-refractivity contribution is 6.04. The lowest BCUT2D eigenvalue weighted by atomic mass is 10.2. The molecule has 0 radical (unpaired) electrons. The quantitative estimate of drug-likeness (QED) is 0.890. The maximum absolute atomic E-state index is 13.5. The van der Waals surface area contributed by atoms with Gasteiger partial charge in [-0.2, -0.15) is 0 Å². The van der Waals surface area contributed by atoms with Gasteiger partial charge in [0.2, 0.25) is 0 Å². The van der Waals surface area contributed by atoms with Gasteiger partial charge >= 0.3 is 0 Å². The smallest absolute Gasteiger partial charge is 0.258 e. The van der Waals surface area contributed by atoms with Crippen LogP contribution in [0.25, 0.3) is 0 Å². The number of halogens is 2. The molecule has 21 heavy (non-hydrogen) atoms. The van der Waals surface area contributed by atoms with Crippen molar-refractivity contribution >= 4 is 11.6 Å². The molecule has 2 aromatic rings. The summed E-state index contributed by atoms with van der Waals surface area (Å²) in [7, 11) is 0. The van der Waals surface area contributed by atoms with Gasteiger partial charge in [0.25, 0.3) is 5.91 Å². The van der Waals surface area contributed by atoms with E-state index in [2.05, 4.69) is 5.32 Å². The third-order valence-electron chi connectivity index (χ3n) is 2.67. The molecular weight excluding hydrogens is 278 g/mol. The first-order valence-electron chi connectivity index (χ1n) is 6.30. The van der Waals surface area contributed by atoms with Crippen LogP contribution < -0.4 is 15.8 Å². The molecule has 0 atom stereocenters. The van der Waals surface area contributed by atoms with Crippen LogP contribution in [0.1, 0.15) is 10.4 Å². The predicted molar refractivity (Wildman–Crippen MR) is 75.3 cm³/mol. The van der Waals surface area contributed by atoms with Gasteiger partial charge in [0.15, 0.2) is 11.6 Å². The van der Waals surface area contributed by atoms with Crippen LogP contribution in [-0.4, -0.2) is 19.1 Å². The minimum atomic E-state index is -1.18. The van der Waals surface area contributed by atoms with E-state index in [1.165, 1.54) is 12.1 Å². The second-order valence-corrected chi connectivity index (χ2v) is 4.22. The lowest BCUT2D eigenvalue weighted by Gasteiger charge is -2.09. The largest absolute Gasteiger partial charge is 0.492 e. The minimum absolute atomic E-state index is 0.343. The van der Waals surface area contributed by atoms with Crippen molar-refractivity contribution in [1.29, 1.82) is 0 Å². The highest BCUT2D eigenvalue weighted by Gasteiger charge is 2.15. The van der Waals surface area contributed by atoms with Crippen LogP contribution in [0.15, 0.2) is 42.5 Å². The fourth-order valence-electron chi connectivity index (χ4n) is 1.72. The first-order chi connectivity index (χ1) is 10.1. The Balaban J connectivity index is 2.14. The molecule has 0 bridgehead atoms. The van der Waals surface area contributed by atoms with E-state index in [1.807, 2.05) is 0 Å². The van der Waals surface area contributed by atoms with Crippen LogP contribution in [0.4, 0.5) is 14.5 Å². The van der Waals surface area contributed by atoms with E-state index in [-0.39, 0.29) is 5.56 Å². The van der Waals surface area contributed by atoms with Crippen molar-refractivity contribution in [3.05, 3.63) is 59.7 Å². The standard InChI is InChI=1S/C15H14F2N2O2/c16-13-6-2-5-12(14(13)17)15(20)19-10-3-1-4-11(9-10)21-8-7-18/h1-6,9H,7-8,18H2,(H,19,20). The van der Waals surface area contributed by atoms with Gasteiger partial charge in [-0.25, -0.2) is 8.78 Å². The summed E-state index contributed by atoms with van der Waals surface area (Å²) in [4.78, 5) is 11.9. The number of hydrogen-bond acceptors (Lipinski definition) is 3. The summed E-state index contributed by atoms with van der Waals surface area (Å²) in [5.41, 5.74) is 5.39. The molecule has 2 rings (SSSR count). The predicted octanol–water partition coefficient (Wildman–Crippen LogP) is 2.55.